The molecule has 8 atom stereocenters. The van der Waals surface area contributed by atoms with Crippen LogP contribution in [0.3, 0.4) is 0 Å². The predicted octanol–water partition coefficient (Wildman–Crippen LogP) is 5.87. The minimum absolute atomic E-state index is 0.330. The highest BCUT2D eigenvalue weighted by atomic mass is 16.1. The molecule has 4 saturated carbocycles. The van der Waals surface area contributed by atoms with Gasteiger partial charge in [0.15, 0.2) is 0 Å². The van der Waals surface area contributed by atoms with Crippen molar-refractivity contribution in [2.75, 3.05) is 0 Å². The maximum Gasteiger partial charge on any atom is 0.133 e. The Hall–Kier alpha value is -0.330. The van der Waals surface area contributed by atoms with Gasteiger partial charge in [0.2, 0.25) is 0 Å². The summed E-state index contributed by atoms with van der Waals surface area (Å²) < 4.78 is 0. The van der Waals surface area contributed by atoms with Gasteiger partial charge < -0.3 is 0 Å². The zero-order valence-electron chi connectivity index (χ0n) is 15.7. The zero-order chi connectivity index (χ0) is 16.4. The summed E-state index contributed by atoms with van der Waals surface area (Å²) in [5.41, 5.74) is 0.937. The van der Waals surface area contributed by atoms with E-state index < -0.39 is 0 Å². The maximum absolute atomic E-state index is 12.2. The molecule has 130 valence electrons. The molecule has 0 saturated heterocycles. The lowest BCUT2D eigenvalue weighted by Gasteiger charge is -2.61. The first-order valence-electron chi connectivity index (χ1n) is 10.4. The van der Waals surface area contributed by atoms with Gasteiger partial charge >= 0.3 is 0 Å². The highest BCUT2D eigenvalue weighted by Crippen LogP contribution is 2.67. The molecule has 0 bridgehead atoms. The largest absolute Gasteiger partial charge is 0.300 e. The van der Waals surface area contributed by atoms with Gasteiger partial charge in [0.25, 0.3) is 0 Å². The van der Waals surface area contributed by atoms with E-state index in [1.54, 1.807) is 0 Å². The number of ketones is 1. The Morgan fingerprint density at radius 1 is 0.870 bits per heavy atom. The summed E-state index contributed by atoms with van der Waals surface area (Å²) in [4.78, 5) is 12.2. The van der Waals surface area contributed by atoms with Crippen LogP contribution in [0.2, 0.25) is 0 Å². The normalized spacial score (nSPS) is 55.7. The van der Waals surface area contributed by atoms with Gasteiger partial charge in [-0.3, -0.25) is 4.79 Å². The molecule has 4 rings (SSSR count). The van der Waals surface area contributed by atoms with Crippen LogP contribution < -0.4 is 0 Å². The van der Waals surface area contributed by atoms with E-state index in [0.29, 0.717) is 22.5 Å². The molecule has 0 aromatic rings. The minimum atomic E-state index is 0.330. The fraction of sp³-hybridized carbons (Fsp3) is 0.955. The number of carbonyl (C=O) groups is 1. The monoisotopic (exact) mass is 316 g/mol. The van der Waals surface area contributed by atoms with Crippen LogP contribution in [0.1, 0.15) is 85.5 Å². The average Bonchev–Trinajstić information content (AvgIpc) is 2.83. The van der Waals surface area contributed by atoms with Crippen molar-refractivity contribution in [3.63, 3.8) is 0 Å². The Kier molecular flexibility index (Phi) is 3.75. The number of hydrogen-bond donors (Lipinski definition) is 0. The van der Waals surface area contributed by atoms with Gasteiger partial charge in [0.05, 0.1) is 0 Å². The lowest BCUT2D eigenvalue weighted by molar-refractivity contribution is -0.135. The van der Waals surface area contributed by atoms with Crippen molar-refractivity contribution in [3.05, 3.63) is 0 Å². The summed E-state index contributed by atoms with van der Waals surface area (Å²) in [5, 5.41) is 0. The smallest absolute Gasteiger partial charge is 0.133 e. The molecule has 0 spiro atoms. The zero-order valence-corrected chi connectivity index (χ0v) is 15.7. The van der Waals surface area contributed by atoms with Gasteiger partial charge in [-0.1, -0.05) is 27.2 Å². The van der Waals surface area contributed by atoms with E-state index in [1.165, 1.54) is 57.8 Å². The van der Waals surface area contributed by atoms with E-state index in [2.05, 4.69) is 20.8 Å². The molecule has 1 nitrogen and oxygen atoms in total. The molecular weight excluding hydrogens is 280 g/mol. The molecule has 0 aliphatic heterocycles. The fourth-order valence-corrected chi connectivity index (χ4v) is 8.33. The third kappa shape index (κ3) is 2.20. The molecule has 0 N–H and O–H groups in total. The molecule has 0 heterocycles. The first-order valence-corrected chi connectivity index (χ1v) is 10.4. The van der Waals surface area contributed by atoms with Crippen molar-refractivity contribution in [3.8, 4) is 0 Å². The van der Waals surface area contributed by atoms with Crippen LogP contribution in [-0.2, 0) is 4.79 Å². The van der Waals surface area contributed by atoms with Gasteiger partial charge in [0, 0.05) is 5.92 Å². The number of hydrogen-bond acceptors (Lipinski definition) is 1. The standard InChI is InChI=1S/C22H36O/c1-14-5-6-16-7-8-17-19-10-9-18(15(2)23)21(19,3)12-11-20(17)22(16,4)13-14/h14,16-20H,5-13H2,1-4H3/t14?,16?,17-,18+,19-,20-,21+,22-/m0/s1. The number of rotatable bonds is 1. The van der Waals surface area contributed by atoms with Crippen LogP contribution >= 0.6 is 0 Å². The van der Waals surface area contributed by atoms with Crippen molar-refractivity contribution < 1.29 is 4.79 Å². The molecule has 0 aromatic carbocycles. The highest BCUT2D eigenvalue weighted by Gasteiger charge is 2.60. The molecule has 2 unspecified atom stereocenters. The summed E-state index contributed by atoms with van der Waals surface area (Å²) >= 11 is 0. The maximum atomic E-state index is 12.2. The molecule has 4 fully saturated rings. The average molecular weight is 317 g/mol. The van der Waals surface area contributed by atoms with Crippen LogP contribution in [0.5, 0.6) is 0 Å². The van der Waals surface area contributed by atoms with Gasteiger partial charge in [-0.15, -0.1) is 0 Å². The quantitative estimate of drug-likeness (QED) is 0.591. The van der Waals surface area contributed by atoms with E-state index in [1.807, 2.05) is 6.92 Å². The second-order valence-electron chi connectivity index (χ2n) is 10.3. The van der Waals surface area contributed by atoms with Gasteiger partial charge in [-0.05, 0) is 98.7 Å². The summed E-state index contributed by atoms with van der Waals surface area (Å²) in [5.74, 6) is 5.47. The minimum Gasteiger partial charge on any atom is -0.300 e. The lowest BCUT2D eigenvalue weighted by atomic mass is 9.44. The second-order valence-corrected chi connectivity index (χ2v) is 10.3. The van der Waals surface area contributed by atoms with E-state index in [9.17, 15) is 4.79 Å². The van der Waals surface area contributed by atoms with E-state index in [4.69, 9.17) is 0 Å². The lowest BCUT2D eigenvalue weighted by Crippen LogP contribution is -2.53. The Labute approximate surface area is 143 Å². The predicted molar refractivity (Wildman–Crippen MR) is 95.1 cm³/mol. The van der Waals surface area contributed by atoms with E-state index >= 15 is 0 Å². The van der Waals surface area contributed by atoms with Gasteiger partial charge in [-0.25, -0.2) is 0 Å². The SMILES string of the molecule is CC(=O)[C@H]1CC[C@H]2[C@@H]3CCC4CCC(C)C[C@]4(C)[C@H]3CC[C@]12C. The van der Waals surface area contributed by atoms with Gasteiger partial charge in [0.1, 0.15) is 5.78 Å². The van der Waals surface area contributed by atoms with Crippen LogP contribution in [-0.4, -0.2) is 5.78 Å². The molecule has 0 radical (unpaired) electrons. The molecule has 4 aliphatic rings. The topological polar surface area (TPSA) is 17.1 Å². The van der Waals surface area contributed by atoms with Crippen molar-refractivity contribution in [1.82, 2.24) is 0 Å². The number of fused-ring (bicyclic) bond motifs is 5. The number of Topliss-reactive ketones (excluding diaryl/α,β-unsaturated/α-hetero) is 1. The van der Waals surface area contributed by atoms with Crippen LogP contribution in [0.15, 0.2) is 0 Å². The van der Waals surface area contributed by atoms with Crippen LogP contribution in [0, 0.1) is 46.3 Å². The van der Waals surface area contributed by atoms with Crippen molar-refractivity contribution in [2.45, 2.75) is 85.5 Å². The van der Waals surface area contributed by atoms with Crippen molar-refractivity contribution in [1.29, 1.82) is 0 Å². The Morgan fingerprint density at radius 3 is 2.30 bits per heavy atom. The van der Waals surface area contributed by atoms with Crippen molar-refractivity contribution >= 4 is 5.78 Å². The third-order valence-corrected chi connectivity index (χ3v) is 9.35. The van der Waals surface area contributed by atoms with Gasteiger partial charge in [-0.2, -0.15) is 0 Å². The Morgan fingerprint density at radius 2 is 1.57 bits per heavy atom. The third-order valence-electron chi connectivity index (χ3n) is 9.35. The highest BCUT2D eigenvalue weighted by molar-refractivity contribution is 5.79. The van der Waals surface area contributed by atoms with E-state index in [-0.39, 0.29) is 0 Å². The van der Waals surface area contributed by atoms with E-state index in [0.717, 1.165) is 29.6 Å². The number of carbonyl (C=O) groups excluding carboxylic acids is 1. The molecule has 1 heteroatoms. The van der Waals surface area contributed by atoms with Crippen LogP contribution in [0.25, 0.3) is 0 Å². The van der Waals surface area contributed by atoms with Crippen molar-refractivity contribution in [2.24, 2.45) is 46.3 Å². The molecule has 0 aromatic heterocycles. The summed E-state index contributed by atoms with van der Waals surface area (Å²) in [6.07, 6.45) is 12.6. The summed E-state index contributed by atoms with van der Waals surface area (Å²) in [6.45, 7) is 9.47. The second kappa shape index (κ2) is 5.33. The Balaban J connectivity index is 1.63. The molecule has 0 amide bonds. The first kappa shape index (κ1) is 16.2. The summed E-state index contributed by atoms with van der Waals surface area (Å²) in [6, 6.07) is 0. The first-order chi connectivity index (χ1) is 10.9. The fourth-order valence-electron chi connectivity index (χ4n) is 8.33. The molecular formula is C22H36O. The summed E-state index contributed by atoms with van der Waals surface area (Å²) in [7, 11) is 0. The molecule has 23 heavy (non-hydrogen) atoms. The van der Waals surface area contributed by atoms with Crippen LogP contribution in [0.4, 0.5) is 0 Å². The molecule has 4 aliphatic carbocycles. The Bertz CT molecular complexity index is 496.